The van der Waals surface area contributed by atoms with Crippen LogP contribution in [-0.4, -0.2) is 18.5 Å². The normalized spacial score (nSPS) is 10.2. The van der Waals surface area contributed by atoms with Crippen molar-refractivity contribution in [3.63, 3.8) is 0 Å². The van der Waals surface area contributed by atoms with Gasteiger partial charge in [0, 0.05) is 12.1 Å². The van der Waals surface area contributed by atoms with E-state index in [-0.39, 0.29) is 24.4 Å². The molecular weight excluding hydrogens is 230 g/mol. The first kappa shape index (κ1) is 14.2. The molecule has 0 atom stereocenters. The third-order valence-electron chi connectivity index (χ3n) is 2.27. The number of aryl methyl sites for hydroxylation is 1. The summed E-state index contributed by atoms with van der Waals surface area (Å²) >= 11 is 0. The molecule has 0 fully saturated rings. The number of ether oxygens (including phenoxy) is 1. The summed E-state index contributed by atoms with van der Waals surface area (Å²) in [6.07, 6.45) is 0.331. The first-order valence-corrected chi connectivity index (χ1v) is 5.99. The highest BCUT2D eigenvalue weighted by atomic mass is 16.5. The van der Waals surface area contributed by atoms with Gasteiger partial charge in [-0.15, -0.1) is 0 Å². The van der Waals surface area contributed by atoms with Crippen LogP contribution in [0.1, 0.15) is 25.8 Å². The summed E-state index contributed by atoms with van der Waals surface area (Å²) in [5.41, 5.74) is 1.82. The number of benzene rings is 1. The fourth-order valence-electron chi connectivity index (χ4n) is 1.37. The van der Waals surface area contributed by atoms with Gasteiger partial charge >= 0.3 is 5.97 Å². The summed E-state index contributed by atoms with van der Waals surface area (Å²) in [5.74, 6) is -0.433. The highest BCUT2D eigenvalue weighted by molar-refractivity contribution is 5.92. The summed E-state index contributed by atoms with van der Waals surface area (Å²) in [6.45, 7) is 5.58. The molecule has 0 unspecified atom stereocenters. The number of hydrogen-bond donors (Lipinski definition) is 1. The summed E-state index contributed by atoms with van der Waals surface area (Å²) in [5, 5.41) is 2.66. The Kier molecular flexibility index (Phi) is 5.36. The summed E-state index contributed by atoms with van der Waals surface area (Å²) in [6, 6.07) is 7.42. The summed E-state index contributed by atoms with van der Waals surface area (Å²) in [4.78, 5) is 22.8. The van der Waals surface area contributed by atoms with Gasteiger partial charge in [-0.1, -0.05) is 31.5 Å². The van der Waals surface area contributed by atoms with Crippen LogP contribution in [-0.2, 0) is 14.3 Å². The van der Waals surface area contributed by atoms with Crippen LogP contribution in [0.25, 0.3) is 0 Å². The Balaban J connectivity index is 2.34. The molecule has 18 heavy (non-hydrogen) atoms. The highest BCUT2D eigenvalue weighted by Gasteiger charge is 2.09. The highest BCUT2D eigenvalue weighted by Crippen LogP contribution is 2.08. The molecule has 1 aromatic carbocycles. The fourth-order valence-corrected chi connectivity index (χ4v) is 1.37. The Morgan fingerprint density at radius 2 is 1.83 bits per heavy atom. The molecule has 0 aromatic heterocycles. The van der Waals surface area contributed by atoms with E-state index >= 15 is 0 Å². The van der Waals surface area contributed by atoms with Crippen LogP contribution >= 0.6 is 0 Å². The Morgan fingerprint density at radius 3 is 2.39 bits per heavy atom. The topological polar surface area (TPSA) is 55.4 Å². The molecule has 0 bridgehead atoms. The second-order valence-corrected chi connectivity index (χ2v) is 4.67. The van der Waals surface area contributed by atoms with E-state index in [1.54, 1.807) is 0 Å². The fraction of sp³-hybridized carbons (Fsp3) is 0.429. The van der Waals surface area contributed by atoms with Crippen molar-refractivity contribution in [2.75, 3.05) is 11.9 Å². The molecule has 0 saturated heterocycles. The maximum absolute atomic E-state index is 11.5. The van der Waals surface area contributed by atoms with Crippen molar-refractivity contribution >= 4 is 17.6 Å². The zero-order valence-electron chi connectivity index (χ0n) is 11.0. The van der Waals surface area contributed by atoms with Crippen molar-refractivity contribution in [2.45, 2.75) is 27.2 Å². The first-order chi connectivity index (χ1) is 8.47. The Morgan fingerprint density at radius 1 is 1.22 bits per heavy atom. The number of anilines is 1. The molecule has 98 valence electrons. The van der Waals surface area contributed by atoms with Gasteiger partial charge in [0.15, 0.2) is 6.61 Å². The average molecular weight is 249 g/mol. The van der Waals surface area contributed by atoms with Gasteiger partial charge in [-0.2, -0.15) is 0 Å². The molecule has 4 heteroatoms. The van der Waals surface area contributed by atoms with E-state index in [2.05, 4.69) is 5.32 Å². The molecule has 0 aliphatic carbocycles. The zero-order valence-corrected chi connectivity index (χ0v) is 11.0. The molecule has 0 aliphatic rings. The van der Waals surface area contributed by atoms with Crippen LogP contribution in [0.3, 0.4) is 0 Å². The van der Waals surface area contributed by atoms with Crippen LogP contribution in [0.2, 0.25) is 0 Å². The van der Waals surface area contributed by atoms with E-state index < -0.39 is 0 Å². The lowest BCUT2D eigenvalue weighted by molar-refractivity contribution is -0.148. The van der Waals surface area contributed by atoms with Crippen LogP contribution < -0.4 is 5.32 Å². The standard InChI is InChI=1S/C14H19NO3/c1-10(2)8-14(17)18-9-13(16)15-12-6-4-11(3)5-7-12/h4-7,10H,8-9H2,1-3H3,(H,15,16). The van der Waals surface area contributed by atoms with Crippen molar-refractivity contribution in [1.82, 2.24) is 0 Å². The lowest BCUT2D eigenvalue weighted by Gasteiger charge is -2.07. The average Bonchev–Trinajstić information content (AvgIpc) is 2.29. The van der Waals surface area contributed by atoms with Crippen molar-refractivity contribution in [1.29, 1.82) is 0 Å². The molecule has 4 nitrogen and oxygen atoms in total. The van der Waals surface area contributed by atoms with Gasteiger partial charge in [-0.05, 0) is 25.0 Å². The maximum Gasteiger partial charge on any atom is 0.306 e. The molecule has 1 N–H and O–H groups in total. The number of carbonyl (C=O) groups is 2. The van der Waals surface area contributed by atoms with Gasteiger partial charge < -0.3 is 10.1 Å². The largest absolute Gasteiger partial charge is 0.456 e. The molecule has 1 amide bonds. The van der Waals surface area contributed by atoms with Gasteiger partial charge in [-0.25, -0.2) is 0 Å². The van der Waals surface area contributed by atoms with Gasteiger partial charge in [0.1, 0.15) is 0 Å². The minimum Gasteiger partial charge on any atom is -0.456 e. The van der Waals surface area contributed by atoms with Crippen molar-refractivity contribution in [2.24, 2.45) is 5.92 Å². The molecule has 1 aromatic rings. The van der Waals surface area contributed by atoms with E-state index in [9.17, 15) is 9.59 Å². The SMILES string of the molecule is Cc1ccc(NC(=O)COC(=O)CC(C)C)cc1. The molecule has 0 saturated carbocycles. The molecule has 0 spiro atoms. The van der Waals surface area contributed by atoms with E-state index in [0.717, 1.165) is 5.56 Å². The van der Waals surface area contributed by atoms with E-state index in [1.165, 1.54) is 0 Å². The second kappa shape index (κ2) is 6.79. The van der Waals surface area contributed by atoms with Crippen molar-refractivity contribution in [3.8, 4) is 0 Å². The second-order valence-electron chi connectivity index (χ2n) is 4.67. The van der Waals surface area contributed by atoms with Gasteiger partial charge in [0.2, 0.25) is 0 Å². The van der Waals surface area contributed by atoms with Crippen LogP contribution in [0.5, 0.6) is 0 Å². The predicted octanol–water partition coefficient (Wildman–Crippen LogP) is 2.52. The van der Waals surface area contributed by atoms with E-state index in [0.29, 0.717) is 12.1 Å². The number of nitrogens with one attached hydrogen (secondary N) is 1. The minimum absolute atomic E-state index is 0.234. The zero-order chi connectivity index (χ0) is 13.5. The smallest absolute Gasteiger partial charge is 0.306 e. The Labute approximate surface area is 107 Å². The van der Waals surface area contributed by atoms with Crippen molar-refractivity contribution < 1.29 is 14.3 Å². The lowest BCUT2D eigenvalue weighted by atomic mass is 10.1. The molecule has 0 radical (unpaired) electrons. The van der Waals surface area contributed by atoms with Crippen LogP contribution in [0.4, 0.5) is 5.69 Å². The number of rotatable bonds is 5. The Bertz CT molecular complexity index is 410. The molecule has 0 aliphatic heterocycles. The number of hydrogen-bond acceptors (Lipinski definition) is 3. The third-order valence-corrected chi connectivity index (χ3v) is 2.27. The summed E-state index contributed by atoms with van der Waals surface area (Å²) in [7, 11) is 0. The Hall–Kier alpha value is -1.84. The molecular formula is C14H19NO3. The molecule has 1 rings (SSSR count). The van der Waals surface area contributed by atoms with E-state index in [4.69, 9.17) is 4.74 Å². The predicted molar refractivity (Wildman–Crippen MR) is 70.2 cm³/mol. The van der Waals surface area contributed by atoms with Crippen molar-refractivity contribution in [3.05, 3.63) is 29.8 Å². The lowest BCUT2D eigenvalue weighted by Crippen LogP contribution is -2.21. The van der Waals surface area contributed by atoms with E-state index in [1.807, 2.05) is 45.0 Å². The van der Waals surface area contributed by atoms with Crippen LogP contribution in [0.15, 0.2) is 24.3 Å². The van der Waals surface area contributed by atoms with Gasteiger partial charge in [-0.3, -0.25) is 9.59 Å². The minimum atomic E-state index is -0.343. The van der Waals surface area contributed by atoms with Gasteiger partial charge in [0.25, 0.3) is 5.91 Å². The number of esters is 1. The quantitative estimate of drug-likeness (QED) is 0.816. The third kappa shape index (κ3) is 5.48. The maximum atomic E-state index is 11.5. The monoisotopic (exact) mass is 249 g/mol. The number of amides is 1. The molecule has 0 heterocycles. The van der Waals surface area contributed by atoms with Gasteiger partial charge in [0.05, 0.1) is 0 Å². The number of carbonyl (C=O) groups excluding carboxylic acids is 2. The van der Waals surface area contributed by atoms with Crippen LogP contribution in [0, 0.1) is 12.8 Å². The first-order valence-electron chi connectivity index (χ1n) is 5.99. The summed E-state index contributed by atoms with van der Waals surface area (Å²) < 4.78 is 4.86.